The maximum Gasteiger partial charge on any atom is 0.0262 e. The molecule has 0 saturated heterocycles. The first kappa shape index (κ1) is 14.3. The van der Waals surface area contributed by atoms with Crippen LogP contribution in [0.1, 0.15) is 0 Å². The third-order valence-electron chi connectivity index (χ3n) is 2.14. The largest absolute Gasteiger partial charge is 0.124 e. The Bertz CT molecular complexity index is 460. The highest BCUT2D eigenvalue weighted by molar-refractivity contribution is 8.05. The molecule has 1 aliphatic heterocycles. The molecule has 0 atom stereocenters. The molecular weight excluding hydrogens is 256 g/mol. The molecule has 0 spiro atoms. The van der Waals surface area contributed by atoms with E-state index in [0.717, 1.165) is 0 Å². The Morgan fingerprint density at radius 1 is 0.500 bits per heavy atom. The van der Waals surface area contributed by atoms with Crippen molar-refractivity contribution < 1.29 is 0 Å². The molecule has 2 heteroatoms. The molecule has 0 nitrogen and oxygen atoms in total. The summed E-state index contributed by atoms with van der Waals surface area (Å²) in [6, 6.07) is 17.1. The van der Waals surface area contributed by atoms with Crippen molar-refractivity contribution in [2.45, 2.75) is 19.6 Å². The molecule has 3 rings (SSSR count). The van der Waals surface area contributed by atoms with Crippen LogP contribution in [0, 0.1) is 25.7 Å². The highest BCUT2D eigenvalue weighted by Gasteiger charge is 2.14. The molecule has 0 N–H and O–H groups in total. The van der Waals surface area contributed by atoms with Crippen molar-refractivity contribution in [2.75, 3.05) is 0 Å². The number of fused-ring (bicyclic) bond motifs is 2. The molecule has 88 valence electrons. The van der Waals surface area contributed by atoms with Gasteiger partial charge in [-0.15, -0.1) is 25.7 Å². The number of hydrogen-bond donors (Lipinski definition) is 0. The second kappa shape index (κ2) is 7.56. The Hall–Kier alpha value is -1.74. The summed E-state index contributed by atoms with van der Waals surface area (Å²) in [5, 5.41) is 0. The summed E-state index contributed by atoms with van der Waals surface area (Å²) in [5.74, 6) is 0. The molecule has 2 aromatic carbocycles. The lowest BCUT2D eigenvalue weighted by molar-refractivity contribution is 1.16. The van der Waals surface area contributed by atoms with Gasteiger partial charge in [-0.3, -0.25) is 0 Å². The summed E-state index contributed by atoms with van der Waals surface area (Å²) >= 11 is 3.72. The third-order valence-corrected chi connectivity index (χ3v) is 4.70. The molecule has 0 fully saturated rings. The first-order chi connectivity index (χ1) is 8.93. The van der Waals surface area contributed by atoms with Crippen molar-refractivity contribution in [1.29, 1.82) is 0 Å². The van der Waals surface area contributed by atoms with Crippen molar-refractivity contribution >= 4 is 23.5 Å². The minimum Gasteiger partial charge on any atom is -0.124 e. The van der Waals surface area contributed by atoms with Crippen LogP contribution in [0.3, 0.4) is 0 Å². The lowest BCUT2D eigenvalue weighted by Gasteiger charge is -2.17. The smallest absolute Gasteiger partial charge is 0.0262 e. The standard InChI is InChI=1S/C12H8S2.2C2H2/c1-2-6-10-9(5-1)13-11-7-3-4-8-12(11)14-10;2*1-2/h1-8H;2*1-2H. The van der Waals surface area contributed by atoms with Gasteiger partial charge < -0.3 is 0 Å². The van der Waals surface area contributed by atoms with Gasteiger partial charge in [0.05, 0.1) is 0 Å². The summed E-state index contributed by atoms with van der Waals surface area (Å²) in [6.45, 7) is 0. The summed E-state index contributed by atoms with van der Waals surface area (Å²) in [7, 11) is 0. The maximum absolute atomic E-state index is 4.00. The maximum atomic E-state index is 4.00. The Balaban J connectivity index is 0.000000371. The van der Waals surface area contributed by atoms with E-state index in [1.807, 2.05) is 23.5 Å². The van der Waals surface area contributed by atoms with E-state index in [-0.39, 0.29) is 0 Å². The van der Waals surface area contributed by atoms with Gasteiger partial charge in [-0.1, -0.05) is 47.8 Å². The predicted octanol–water partition coefficient (Wildman–Crippen LogP) is 4.80. The van der Waals surface area contributed by atoms with Crippen LogP contribution >= 0.6 is 23.5 Å². The molecule has 0 amide bonds. The molecule has 0 bridgehead atoms. The fourth-order valence-corrected chi connectivity index (χ4v) is 3.71. The van der Waals surface area contributed by atoms with Gasteiger partial charge in [0.2, 0.25) is 0 Å². The average Bonchev–Trinajstić information content (AvgIpc) is 2.49. The molecule has 0 aromatic heterocycles. The van der Waals surface area contributed by atoms with E-state index >= 15 is 0 Å². The van der Waals surface area contributed by atoms with Crippen molar-refractivity contribution in [3.05, 3.63) is 48.5 Å². The third kappa shape index (κ3) is 3.14. The molecule has 0 radical (unpaired) electrons. The van der Waals surface area contributed by atoms with E-state index in [1.54, 1.807) is 0 Å². The van der Waals surface area contributed by atoms with Crippen LogP contribution < -0.4 is 0 Å². The molecule has 1 heterocycles. The summed E-state index contributed by atoms with van der Waals surface area (Å²) in [4.78, 5) is 5.49. The average molecular weight is 268 g/mol. The van der Waals surface area contributed by atoms with E-state index in [2.05, 4.69) is 74.2 Å². The van der Waals surface area contributed by atoms with Crippen molar-refractivity contribution in [3.8, 4) is 25.7 Å². The molecule has 2 aromatic rings. The van der Waals surface area contributed by atoms with Gasteiger partial charge in [0.25, 0.3) is 0 Å². The topological polar surface area (TPSA) is 0 Å². The lowest BCUT2D eigenvalue weighted by Crippen LogP contribution is -1.87. The van der Waals surface area contributed by atoms with Crippen LogP contribution in [0.4, 0.5) is 0 Å². The number of rotatable bonds is 0. The SMILES string of the molecule is C#C.C#C.c1ccc2c(c1)Sc1ccccc1S2. The number of terminal acetylenes is 2. The van der Waals surface area contributed by atoms with E-state index in [0.29, 0.717) is 0 Å². The molecule has 0 aliphatic carbocycles. The van der Waals surface area contributed by atoms with E-state index in [9.17, 15) is 0 Å². The molecule has 0 unspecified atom stereocenters. The van der Waals surface area contributed by atoms with Gasteiger partial charge in [0, 0.05) is 19.6 Å². The zero-order valence-electron chi connectivity index (χ0n) is 9.74. The van der Waals surface area contributed by atoms with E-state index < -0.39 is 0 Å². The van der Waals surface area contributed by atoms with Crippen LogP contribution in [-0.2, 0) is 0 Å². The quantitative estimate of drug-likeness (QED) is 0.537. The molecule has 18 heavy (non-hydrogen) atoms. The van der Waals surface area contributed by atoms with E-state index in [1.165, 1.54) is 19.6 Å². The number of hydrogen-bond acceptors (Lipinski definition) is 2. The predicted molar refractivity (Wildman–Crippen MR) is 80.9 cm³/mol. The molecular formula is C16H12S2. The summed E-state index contributed by atoms with van der Waals surface area (Å²) in [6.07, 6.45) is 16.0. The van der Waals surface area contributed by atoms with Crippen LogP contribution in [-0.4, -0.2) is 0 Å². The van der Waals surface area contributed by atoms with E-state index in [4.69, 9.17) is 0 Å². The van der Waals surface area contributed by atoms with Gasteiger partial charge >= 0.3 is 0 Å². The van der Waals surface area contributed by atoms with Crippen LogP contribution in [0.2, 0.25) is 0 Å². The first-order valence-electron chi connectivity index (χ1n) is 5.14. The van der Waals surface area contributed by atoms with Gasteiger partial charge in [-0.2, -0.15) is 0 Å². The van der Waals surface area contributed by atoms with Crippen molar-refractivity contribution in [2.24, 2.45) is 0 Å². The first-order valence-corrected chi connectivity index (χ1v) is 6.77. The van der Waals surface area contributed by atoms with Crippen LogP contribution in [0.15, 0.2) is 68.1 Å². The second-order valence-corrected chi connectivity index (χ2v) is 5.27. The van der Waals surface area contributed by atoms with Crippen LogP contribution in [0.5, 0.6) is 0 Å². The second-order valence-electron chi connectivity index (χ2n) is 3.10. The fraction of sp³-hybridized carbons (Fsp3) is 0. The Morgan fingerprint density at radius 3 is 0.944 bits per heavy atom. The lowest BCUT2D eigenvalue weighted by atomic mass is 10.3. The molecule has 1 aliphatic rings. The van der Waals surface area contributed by atoms with Crippen LogP contribution in [0.25, 0.3) is 0 Å². The minimum absolute atomic E-state index is 1.37. The highest BCUT2D eigenvalue weighted by Crippen LogP contribution is 2.47. The fourth-order valence-electron chi connectivity index (χ4n) is 1.47. The Labute approximate surface area is 117 Å². The Kier molecular flexibility index (Phi) is 6.01. The molecule has 0 saturated carbocycles. The monoisotopic (exact) mass is 268 g/mol. The van der Waals surface area contributed by atoms with Gasteiger partial charge in [-0.05, 0) is 24.3 Å². The normalized spacial score (nSPS) is 10.4. The van der Waals surface area contributed by atoms with Crippen molar-refractivity contribution in [3.63, 3.8) is 0 Å². The Morgan fingerprint density at radius 2 is 0.722 bits per heavy atom. The zero-order chi connectivity index (χ0) is 13.4. The minimum atomic E-state index is 1.37. The zero-order valence-corrected chi connectivity index (χ0v) is 11.4. The highest BCUT2D eigenvalue weighted by atomic mass is 32.2. The van der Waals surface area contributed by atoms with Gasteiger partial charge in [-0.25, -0.2) is 0 Å². The van der Waals surface area contributed by atoms with Crippen molar-refractivity contribution in [1.82, 2.24) is 0 Å². The summed E-state index contributed by atoms with van der Waals surface area (Å²) in [5.41, 5.74) is 0. The number of benzene rings is 2. The van der Waals surface area contributed by atoms with Gasteiger partial charge in [0.1, 0.15) is 0 Å². The summed E-state index contributed by atoms with van der Waals surface area (Å²) < 4.78 is 0. The van der Waals surface area contributed by atoms with Gasteiger partial charge in [0.15, 0.2) is 0 Å².